The van der Waals surface area contributed by atoms with Crippen molar-refractivity contribution in [2.75, 3.05) is 13.2 Å². The van der Waals surface area contributed by atoms with E-state index in [9.17, 15) is 5.26 Å². The minimum atomic E-state index is 0.0216. The summed E-state index contributed by atoms with van der Waals surface area (Å²) in [4.78, 5) is 0. The van der Waals surface area contributed by atoms with Gasteiger partial charge in [-0.15, -0.1) is 0 Å². The zero-order valence-electron chi connectivity index (χ0n) is 19.2. The van der Waals surface area contributed by atoms with Gasteiger partial charge in [-0.1, -0.05) is 32.6 Å². The number of hydrogen-bond acceptors (Lipinski definition) is 2. The van der Waals surface area contributed by atoms with Crippen LogP contribution in [0.1, 0.15) is 104 Å². The molecule has 4 aliphatic rings. The highest BCUT2D eigenvalue weighted by Crippen LogP contribution is 2.60. The van der Waals surface area contributed by atoms with Crippen molar-refractivity contribution in [3.8, 4) is 6.07 Å². The molecule has 29 heavy (non-hydrogen) atoms. The Morgan fingerprint density at radius 1 is 0.862 bits per heavy atom. The quantitative estimate of drug-likeness (QED) is 0.418. The van der Waals surface area contributed by atoms with Crippen molar-refractivity contribution in [1.82, 2.24) is 0 Å². The molecule has 0 aromatic carbocycles. The molecule has 0 aromatic heterocycles. The molecule has 8 unspecified atom stereocenters. The van der Waals surface area contributed by atoms with E-state index in [1.54, 1.807) is 0 Å². The number of rotatable bonds is 7. The molecule has 0 bridgehead atoms. The highest BCUT2D eigenvalue weighted by molar-refractivity contribution is 5.07. The molecule has 4 aliphatic carbocycles. The first-order valence-electron chi connectivity index (χ1n) is 13.2. The Kier molecular flexibility index (Phi) is 7.26. The third-order valence-electron chi connectivity index (χ3n) is 9.87. The highest BCUT2D eigenvalue weighted by Gasteiger charge is 2.52. The van der Waals surface area contributed by atoms with E-state index in [2.05, 4.69) is 19.9 Å². The summed E-state index contributed by atoms with van der Waals surface area (Å²) in [6.07, 6.45) is 18.9. The van der Waals surface area contributed by atoms with Gasteiger partial charge in [0.1, 0.15) is 0 Å². The predicted molar refractivity (Wildman–Crippen MR) is 119 cm³/mol. The maximum absolute atomic E-state index is 10.1. The summed E-state index contributed by atoms with van der Waals surface area (Å²) in [7, 11) is 0. The van der Waals surface area contributed by atoms with Gasteiger partial charge in [0.15, 0.2) is 0 Å². The molecule has 2 nitrogen and oxygen atoms in total. The Hall–Kier alpha value is -0.550. The standard InChI is InChI=1S/C27H45NO/c1-3-5-6-15-27(19-28)16-14-23-20(17-27)10-11-26-24-9-7-8-21(18-29-4-2)22(24)12-13-25(23)26/h20-26H,3-18H2,1-2H3. The highest BCUT2D eigenvalue weighted by atomic mass is 16.5. The molecule has 0 spiro atoms. The van der Waals surface area contributed by atoms with Crippen LogP contribution in [0, 0.1) is 58.2 Å². The van der Waals surface area contributed by atoms with Gasteiger partial charge in [0.2, 0.25) is 0 Å². The van der Waals surface area contributed by atoms with Crippen molar-refractivity contribution in [3.05, 3.63) is 0 Å². The van der Waals surface area contributed by atoms with Crippen LogP contribution in [-0.4, -0.2) is 13.2 Å². The van der Waals surface area contributed by atoms with Crippen LogP contribution in [-0.2, 0) is 4.74 Å². The van der Waals surface area contributed by atoms with Crippen molar-refractivity contribution in [3.63, 3.8) is 0 Å². The van der Waals surface area contributed by atoms with Crippen LogP contribution in [0.2, 0.25) is 0 Å². The van der Waals surface area contributed by atoms with E-state index >= 15 is 0 Å². The van der Waals surface area contributed by atoms with Crippen molar-refractivity contribution in [2.45, 2.75) is 104 Å². The van der Waals surface area contributed by atoms with E-state index in [4.69, 9.17) is 4.74 Å². The Bertz CT molecular complexity index is 567. The summed E-state index contributed by atoms with van der Waals surface area (Å²) < 4.78 is 5.89. The lowest BCUT2D eigenvalue weighted by molar-refractivity contribution is -0.0808. The molecule has 4 fully saturated rings. The van der Waals surface area contributed by atoms with Gasteiger partial charge in [0.25, 0.3) is 0 Å². The second-order valence-corrected chi connectivity index (χ2v) is 11.2. The van der Waals surface area contributed by atoms with E-state index < -0.39 is 0 Å². The van der Waals surface area contributed by atoms with E-state index in [0.29, 0.717) is 0 Å². The largest absolute Gasteiger partial charge is 0.381 e. The first kappa shape index (κ1) is 21.7. The van der Waals surface area contributed by atoms with Gasteiger partial charge in [-0.3, -0.25) is 0 Å². The van der Waals surface area contributed by atoms with E-state index in [-0.39, 0.29) is 5.41 Å². The molecule has 2 heteroatoms. The first-order chi connectivity index (χ1) is 14.2. The average Bonchev–Trinajstić information content (AvgIpc) is 2.77. The Balaban J connectivity index is 1.40. The van der Waals surface area contributed by atoms with Crippen molar-refractivity contribution in [2.24, 2.45) is 46.8 Å². The average molecular weight is 400 g/mol. The van der Waals surface area contributed by atoms with Crippen LogP contribution in [0.5, 0.6) is 0 Å². The number of hydrogen-bond donors (Lipinski definition) is 0. The lowest BCUT2D eigenvalue weighted by atomic mass is 9.48. The zero-order chi connectivity index (χ0) is 20.3. The molecule has 164 valence electrons. The minimum absolute atomic E-state index is 0.0216. The van der Waals surface area contributed by atoms with Gasteiger partial charge < -0.3 is 4.74 Å². The molecule has 0 saturated heterocycles. The third-order valence-corrected chi connectivity index (χ3v) is 9.87. The SMILES string of the molecule is CCCCCC1(C#N)CCC2C(CCC3C4CCCC(COCC)C4CCC23)C1. The van der Waals surface area contributed by atoms with Crippen molar-refractivity contribution < 1.29 is 4.74 Å². The number of ether oxygens (including phenoxy) is 1. The van der Waals surface area contributed by atoms with Gasteiger partial charge in [0.05, 0.1) is 11.5 Å². The molecule has 8 atom stereocenters. The predicted octanol–water partition coefficient (Wildman–Crippen LogP) is 7.38. The van der Waals surface area contributed by atoms with Crippen LogP contribution in [0.4, 0.5) is 0 Å². The Morgan fingerprint density at radius 3 is 2.41 bits per heavy atom. The summed E-state index contributed by atoms with van der Waals surface area (Å²) in [6, 6.07) is 2.84. The van der Waals surface area contributed by atoms with Crippen LogP contribution in [0.25, 0.3) is 0 Å². The maximum atomic E-state index is 10.1. The van der Waals surface area contributed by atoms with Crippen LogP contribution in [0.15, 0.2) is 0 Å². The summed E-state index contributed by atoms with van der Waals surface area (Å²) in [5, 5.41) is 10.1. The lowest BCUT2D eigenvalue weighted by Crippen LogP contribution is -2.49. The van der Waals surface area contributed by atoms with E-state index in [0.717, 1.165) is 54.6 Å². The summed E-state index contributed by atoms with van der Waals surface area (Å²) in [6.45, 7) is 6.31. The molecular formula is C27H45NO. The van der Waals surface area contributed by atoms with Gasteiger partial charge >= 0.3 is 0 Å². The molecule has 4 saturated carbocycles. The molecule has 0 aliphatic heterocycles. The first-order valence-corrected chi connectivity index (χ1v) is 13.2. The fourth-order valence-corrected chi connectivity index (χ4v) is 8.55. The monoisotopic (exact) mass is 399 g/mol. The second kappa shape index (κ2) is 9.72. The summed E-state index contributed by atoms with van der Waals surface area (Å²) in [5.74, 6) is 6.54. The smallest absolute Gasteiger partial charge is 0.0689 e. The van der Waals surface area contributed by atoms with Crippen LogP contribution in [0.3, 0.4) is 0 Å². The molecule has 0 N–H and O–H groups in total. The van der Waals surface area contributed by atoms with Crippen molar-refractivity contribution in [1.29, 1.82) is 5.26 Å². The Morgan fingerprint density at radius 2 is 1.62 bits per heavy atom. The molecule has 0 aromatic rings. The molecule has 4 rings (SSSR count). The maximum Gasteiger partial charge on any atom is 0.0689 e. The van der Waals surface area contributed by atoms with Gasteiger partial charge in [-0.05, 0) is 113 Å². The van der Waals surface area contributed by atoms with Gasteiger partial charge in [-0.2, -0.15) is 5.26 Å². The van der Waals surface area contributed by atoms with Crippen LogP contribution >= 0.6 is 0 Å². The molecule has 0 amide bonds. The topological polar surface area (TPSA) is 33.0 Å². The number of nitriles is 1. The molecule has 0 heterocycles. The normalized spacial score (nSPS) is 44.2. The van der Waals surface area contributed by atoms with Crippen LogP contribution < -0.4 is 0 Å². The number of unbranched alkanes of at least 4 members (excludes halogenated alkanes) is 2. The number of nitrogens with zero attached hydrogens (tertiary/aromatic N) is 1. The van der Waals surface area contributed by atoms with Crippen molar-refractivity contribution >= 4 is 0 Å². The lowest BCUT2D eigenvalue weighted by Gasteiger charge is -2.57. The summed E-state index contributed by atoms with van der Waals surface area (Å²) in [5.41, 5.74) is 0.0216. The zero-order valence-corrected chi connectivity index (χ0v) is 19.2. The van der Waals surface area contributed by atoms with E-state index in [1.165, 1.54) is 89.9 Å². The number of fused-ring (bicyclic) bond motifs is 5. The van der Waals surface area contributed by atoms with E-state index in [1.807, 2.05) is 0 Å². The fourth-order valence-electron chi connectivity index (χ4n) is 8.55. The molecule has 0 radical (unpaired) electrons. The fraction of sp³-hybridized carbons (Fsp3) is 0.963. The van der Waals surface area contributed by atoms with Gasteiger partial charge in [0, 0.05) is 13.2 Å². The second-order valence-electron chi connectivity index (χ2n) is 11.2. The Labute approximate surface area is 180 Å². The summed E-state index contributed by atoms with van der Waals surface area (Å²) >= 11 is 0. The minimum Gasteiger partial charge on any atom is -0.381 e. The van der Waals surface area contributed by atoms with Gasteiger partial charge in [-0.25, -0.2) is 0 Å². The molecular weight excluding hydrogens is 354 g/mol. The third kappa shape index (κ3) is 4.42.